The Morgan fingerprint density at radius 3 is 0.770 bits per heavy atom. The van der Waals surface area contributed by atoms with Crippen molar-refractivity contribution < 1.29 is 4.12 Å². The molecule has 0 aliphatic rings. The third-order valence-electron chi connectivity index (χ3n) is 14.4. The lowest BCUT2D eigenvalue weighted by atomic mass is 9.96. The van der Waals surface area contributed by atoms with Crippen LogP contribution in [0.3, 0.4) is 0 Å². The lowest BCUT2D eigenvalue weighted by Gasteiger charge is -2.34. The van der Waals surface area contributed by atoms with Crippen LogP contribution in [0.1, 0.15) is 33.4 Å². The topological polar surface area (TPSA) is 9.23 Å². The van der Waals surface area contributed by atoms with Crippen molar-refractivity contribution in [1.82, 2.24) is 0 Å². The SMILES string of the molecule is Brc1ccc(/C=C/c2c3ccccc3cc3ccccc23)cc1.C[Si](C)(O[Si](C)(C)c1ccc(/C=C/c2c3ccccc3cc3ccccc23)cc1)c1ccc(/C=C/c2c3ccccc3cc3ccccc23)cc1. The Bertz CT molecular complexity index is 3750. The van der Waals surface area contributed by atoms with Gasteiger partial charge in [0.05, 0.1) is 0 Å². The zero-order chi connectivity index (χ0) is 50.7. The van der Waals surface area contributed by atoms with E-state index >= 15 is 0 Å². The highest BCUT2D eigenvalue weighted by Crippen LogP contribution is 2.33. The van der Waals surface area contributed by atoms with Crippen molar-refractivity contribution in [2.45, 2.75) is 26.2 Å². The first-order valence-corrected chi connectivity index (χ1v) is 32.1. The van der Waals surface area contributed by atoms with Crippen LogP contribution in [0.4, 0.5) is 0 Å². The minimum Gasteiger partial charge on any atom is -0.449 e. The Kier molecular flexibility index (Phi) is 13.8. The molecule has 358 valence electrons. The maximum Gasteiger partial charge on any atom is 0.206 e. The molecule has 0 fully saturated rings. The highest BCUT2D eigenvalue weighted by atomic mass is 79.9. The number of benzene rings is 12. The zero-order valence-corrected chi connectivity index (χ0v) is 45.9. The van der Waals surface area contributed by atoms with E-state index in [0.717, 1.165) is 4.47 Å². The number of rotatable bonds is 10. The van der Waals surface area contributed by atoms with Crippen molar-refractivity contribution in [1.29, 1.82) is 0 Å². The molecule has 0 saturated heterocycles. The first-order chi connectivity index (χ1) is 36.1. The molecular formula is C70H57BrOSi2. The van der Waals surface area contributed by atoms with E-state index < -0.39 is 16.6 Å². The summed E-state index contributed by atoms with van der Waals surface area (Å²) in [6.45, 7) is 9.34. The minimum absolute atomic E-state index is 1.10. The van der Waals surface area contributed by atoms with Crippen molar-refractivity contribution in [3.63, 3.8) is 0 Å². The normalized spacial score (nSPS) is 12.3. The molecule has 0 spiro atoms. The molecule has 0 atom stereocenters. The van der Waals surface area contributed by atoms with Crippen molar-refractivity contribution >= 4 is 144 Å². The Hall–Kier alpha value is -7.71. The summed E-state index contributed by atoms with van der Waals surface area (Å²) in [6.07, 6.45) is 13.4. The fourth-order valence-electron chi connectivity index (χ4n) is 10.5. The monoisotopic (exact) mass is 1050 g/mol. The summed E-state index contributed by atoms with van der Waals surface area (Å²) in [4.78, 5) is 0. The van der Waals surface area contributed by atoms with Crippen LogP contribution in [-0.4, -0.2) is 16.6 Å². The van der Waals surface area contributed by atoms with E-state index in [9.17, 15) is 0 Å². The molecule has 12 aromatic rings. The van der Waals surface area contributed by atoms with Crippen LogP contribution in [0, 0.1) is 0 Å². The third-order valence-corrected chi connectivity index (χ3v) is 22.4. The summed E-state index contributed by atoms with van der Waals surface area (Å²) in [5, 5.41) is 18.0. The van der Waals surface area contributed by atoms with Gasteiger partial charge in [0, 0.05) is 4.47 Å². The molecule has 0 aliphatic carbocycles. The van der Waals surface area contributed by atoms with E-state index in [0.29, 0.717) is 0 Å². The number of halogens is 1. The molecule has 0 radical (unpaired) electrons. The molecule has 12 aromatic carbocycles. The highest BCUT2D eigenvalue weighted by molar-refractivity contribution is 9.10. The van der Waals surface area contributed by atoms with Gasteiger partial charge in [0.1, 0.15) is 0 Å². The summed E-state index contributed by atoms with van der Waals surface area (Å²) < 4.78 is 8.27. The van der Waals surface area contributed by atoms with Crippen molar-refractivity contribution in [2.24, 2.45) is 0 Å². The molecular weight excluding hydrogens is 993 g/mol. The molecule has 1 nitrogen and oxygen atoms in total. The molecule has 0 bridgehead atoms. The first-order valence-electron chi connectivity index (χ1n) is 25.5. The van der Waals surface area contributed by atoms with Gasteiger partial charge in [0.2, 0.25) is 16.6 Å². The second kappa shape index (κ2) is 21.0. The average Bonchev–Trinajstić information content (AvgIpc) is 3.43. The third kappa shape index (κ3) is 10.4. The van der Waals surface area contributed by atoms with Crippen molar-refractivity contribution in [2.75, 3.05) is 0 Å². The predicted molar refractivity (Wildman–Crippen MR) is 333 cm³/mol. The van der Waals surface area contributed by atoms with Crippen molar-refractivity contribution in [3.8, 4) is 0 Å². The van der Waals surface area contributed by atoms with Gasteiger partial charge >= 0.3 is 0 Å². The molecule has 0 heterocycles. The van der Waals surface area contributed by atoms with Gasteiger partial charge in [-0.2, -0.15) is 0 Å². The summed E-state index contributed by atoms with van der Waals surface area (Å²) in [7, 11) is -4.36. The lowest BCUT2D eigenvalue weighted by molar-refractivity contribution is 0.573. The highest BCUT2D eigenvalue weighted by Gasteiger charge is 2.36. The van der Waals surface area contributed by atoms with Crippen LogP contribution in [0.2, 0.25) is 26.2 Å². The number of hydrogen-bond acceptors (Lipinski definition) is 1. The predicted octanol–water partition coefficient (Wildman–Crippen LogP) is 19.1. The van der Waals surface area contributed by atoms with Crippen LogP contribution < -0.4 is 10.4 Å². The van der Waals surface area contributed by atoms with E-state index in [1.807, 2.05) is 0 Å². The second-order valence-electron chi connectivity index (χ2n) is 20.1. The van der Waals surface area contributed by atoms with Gasteiger partial charge in [-0.15, -0.1) is 0 Å². The molecule has 74 heavy (non-hydrogen) atoms. The van der Waals surface area contributed by atoms with Crippen LogP contribution in [-0.2, 0) is 4.12 Å². The van der Waals surface area contributed by atoms with Crippen LogP contribution >= 0.6 is 15.9 Å². The van der Waals surface area contributed by atoms with Gasteiger partial charge in [-0.1, -0.05) is 259 Å². The van der Waals surface area contributed by atoms with Crippen LogP contribution in [0.5, 0.6) is 0 Å². The van der Waals surface area contributed by atoms with Gasteiger partial charge < -0.3 is 4.12 Å². The van der Waals surface area contributed by atoms with Gasteiger partial charge in [0.25, 0.3) is 0 Å². The quantitative estimate of drug-likeness (QED) is 0.0753. The number of fused-ring (bicyclic) bond motifs is 6. The zero-order valence-electron chi connectivity index (χ0n) is 42.3. The number of hydrogen-bond donors (Lipinski definition) is 0. The second-order valence-corrected chi connectivity index (χ2v) is 29.0. The standard InChI is InChI=1S/C48H42OSi2.C22H15Br/c1-50(2,41-27-21-35(22-28-41)25-31-47-43-17-9-5-13-37(43)33-38-14-6-10-18-44(38)47)49-51(3,4)42-29-23-36(24-30-42)26-32-48-45-19-11-7-15-39(45)34-40-16-8-12-20-46(40)48;23-19-12-9-16(10-13-19)11-14-22-20-7-3-1-5-17(20)15-18-6-2-4-8-21(18)22/h5-34H,1-4H3;1-15H/b31-25+,32-26+;14-11+. The maximum absolute atomic E-state index is 7.17. The smallest absolute Gasteiger partial charge is 0.206 e. The van der Waals surface area contributed by atoms with Gasteiger partial charge in [-0.05, 0) is 165 Å². The largest absolute Gasteiger partial charge is 0.449 e. The Morgan fingerprint density at radius 2 is 0.514 bits per heavy atom. The lowest BCUT2D eigenvalue weighted by Crippen LogP contribution is -2.57. The Morgan fingerprint density at radius 1 is 0.284 bits per heavy atom. The minimum atomic E-state index is -2.18. The van der Waals surface area contributed by atoms with Crippen LogP contribution in [0.25, 0.3) is 101 Å². The fraction of sp³-hybridized carbons (Fsp3) is 0.0571. The molecule has 0 aliphatic heterocycles. The molecule has 0 unspecified atom stereocenters. The summed E-state index contributed by atoms with van der Waals surface area (Å²) in [5.74, 6) is 0. The van der Waals surface area contributed by atoms with E-state index in [-0.39, 0.29) is 0 Å². The Labute approximate surface area is 445 Å². The van der Waals surface area contributed by atoms with Crippen LogP contribution in [0.15, 0.2) is 241 Å². The van der Waals surface area contributed by atoms with Gasteiger partial charge in [-0.25, -0.2) is 0 Å². The van der Waals surface area contributed by atoms with Gasteiger partial charge in [0.15, 0.2) is 0 Å². The molecule has 4 heteroatoms. The van der Waals surface area contributed by atoms with E-state index in [1.165, 1.54) is 108 Å². The van der Waals surface area contributed by atoms with Crippen molar-refractivity contribution in [3.05, 3.63) is 274 Å². The maximum atomic E-state index is 7.17. The van der Waals surface area contributed by atoms with E-state index in [4.69, 9.17) is 4.12 Å². The van der Waals surface area contributed by atoms with E-state index in [2.05, 4.69) is 315 Å². The first kappa shape index (κ1) is 48.6. The van der Waals surface area contributed by atoms with Gasteiger partial charge in [-0.3, -0.25) is 0 Å². The molecule has 0 amide bonds. The molecule has 12 rings (SSSR count). The molecule has 0 saturated carbocycles. The fourth-order valence-corrected chi connectivity index (χ4v) is 18.8. The molecule has 0 N–H and O–H groups in total. The molecule has 0 aromatic heterocycles. The summed E-state index contributed by atoms with van der Waals surface area (Å²) in [6, 6.07) is 85.1. The Balaban J connectivity index is 0.000000212. The summed E-state index contributed by atoms with van der Waals surface area (Å²) >= 11 is 3.48. The average molecular weight is 1050 g/mol. The summed E-state index contributed by atoms with van der Waals surface area (Å²) in [5.41, 5.74) is 7.39. The van der Waals surface area contributed by atoms with E-state index in [1.54, 1.807) is 0 Å².